The summed E-state index contributed by atoms with van der Waals surface area (Å²) < 4.78 is 10.6. The zero-order valence-corrected chi connectivity index (χ0v) is 11.2. The van der Waals surface area contributed by atoms with Crippen LogP contribution in [0.1, 0.15) is 17.5 Å². The maximum absolute atomic E-state index is 8.75. The Morgan fingerprint density at radius 3 is 2.83 bits per heavy atom. The second-order valence-corrected chi connectivity index (χ2v) is 4.21. The Bertz CT molecular complexity index is 342. The summed E-state index contributed by atoms with van der Waals surface area (Å²) in [4.78, 5) is 0. The highest BCUT2D eigenvalue weighted by Crippen LogP contribution is 2.20. The van der Waals surface area contributed by atoms with Gasteiger partial charge in [0, 0.05) is 38.8 Å². The number of hydrogen-bond donors (Lipinski definition) is 2. The Kier molecular flexibility index (Phi) is 7.41. The molecule has 1 aromatic rings. The van der Waals surface area contributed by atoms with Crippen molar-refractivity contribution in [1.82, 2.24) is 5.32 Å². The van der Waals surface area contributed by atoms with Crippen molar-refractivity contribution in [3.05, 3.63) is 29.3 Å². The van der Waals surface area contributed by atoms with Crippen LogP contribution in [0.5, 0.6) is 5.75 Å². The summed E-state index contributed by atoms with van der Waals surface area (Å²) in [5.74, 6) is 0.888. The molecule has 0 spiro atoms. The molecule has 1 aromatic carbocycles. The lowest BCUT2D eigenvalue weighted by molar-refractivity contribution is 0.198. The Balaban J connectivity index is 2.53. The lowest BCUT2D eigenvalue weighted by Crippen LogP contribution is -2.19. The van der Waals surface area contributed by atoms with E-state index in [4.69, 9.17) is 14.6 Å². The summed E-state index contributed by atoms with van der Waals surface area (Å²) >= 11 is 0. The van der Waals surface area contributed by atoms with Crippen LogP contribution in [0.2, 0.25) is 0 Å². The molecule has 0 atom stereocenters. The van der Waals surface area contributed by atoms with Crippen LogP contribution >= 0.6 is 0 Å². The van der Waals surface area contributed by atoms with Gasteiger partial charge >= 0.3 is 0 Å². The van der Waals surface area contributed by atoms with Gasteiger partial charge in [-0.25, -0.2) is 0 Å². The second-order valence-electron chi connectivity index (χ2n) is 4.21. The van der Waals surface area contributed by atoms with E-state index in [1.165, 1.54) is 5.56 Å². The van der Waals surface area contributed by atoms with Crippen molar-refractivity contribution in [3.8, 4) is 5.75 Å². The summed E-state index contributed by atoms with van der Waals surface area (Å²) in [6, 6.07) is 6.14. The van der Waals surface area contributed by atoms with Crippen LogP contribution in [0.3, 0.4) is 0 Å². The lowest BCUT2D eigenvalue weighted by Gasteiger charge is -2.12. The number of nitrogens with one attached hydrogen (secondary N) is 1. The van der Waals surface area contributed by atoms with Crippen LogP contribution in [0.15, 0.2) is 18.2 Å². The van der Waals surface area contributed by atoms with E-state index >= 15 is 0 Å². The average molecular weight is 253 g/mol. The summed E-state index contributed by atoms with van der Waals surface area (Å²) in [7, 11) is 1.69. The number of aryl methyl sites for hydroxylation is 1. The van der Waals surface area contributed by atoms with E-state index < -0.39 is 0 Å². The van der Waals surface area contributed by atoms with Crippen LogP contribution in [0.25, 0.3) is 0 Å². The standard InChI is InChI=1S/C14H23NO3/c1-12-4-5-14(18-8-3-7-16)13(10-12)11-15-6-9-17-2/h4-5,10,15-16H,3,6-9,11H2,1-2H3. The van der Waals surface area contributed by atoms with E-state index in [1.807, 2.05) is 12.1 Å². The van der Waals surface area contributed by atoms with E-state index in [2.05, 4.69) is 18.3 Å². The molecule has 0 fully saturated rings. The number of ether oxygens (including phenoxy) is 2. The third kappa shape index (κ3) is 5.49. The van der Waals surface area contributed by atoms with E-state index in [0.717, 1.165) is 24.4 Å². The molecule has 0 bridgehead atoms. The minimum Gasteiger partial charge on any atom is -0.493 e. The fraction of sp³-hybridized carbons (Fsp3) is 0.571. The summed E-state index contributed by atoms with van der Waals surface area (Å²) in [5, 5.41) is 12.1. The fourth-order valence-corrected chi connectivity index (χ4v) is 1.63. The zero-order valence-electron chi connectivity index (χ0n) is 11.2. The van der Waals surface area contributed by atoms with E-state index in [9.17, 15) is 0 Å². The quantitative estimate of drug-likeness (QED) is 0.655. The smallest absolute Gasteiger partial charge is 0.123 e. The molecule has 0 aromatic heterocycles. The molecule has 0 aliphatic carbocycles. The van der Waals surface area contributed by atoms with Gasteiger partial charge in [-0.1, -0.05) is 17.7 Å². The van der Waals surface area contributed by atoms with Crippen molar-refractivity contribution in [2.24, 2.45) is 0 Å². The first-order valence-electron chi connectivity index (χ1n) is 6.30. The van der Waals surface area contributed by atoms with Gasteiger partial charge in [-0.3, -0.25) is 0 Å². The van der Waals surface area contributed by atoms with E-state index in [1.54, 1.807) is 7.11 Å². The van der Waals surface area contributed by atoms with Crippen molar-refractivity contribution >= 4 is 0 Å². The van der Waals surface area contributed by atoms with Gasteiger partial charge in [-0.2, -0.15) is 0 Å². The summed E-state index contributed by atoms with van der Waals surface area (Å²) in [6.07, 6.45) is 0.657. The van der Waals surface area contributed by atoms with Gasteiger partial charge in [0.05, 0.1) is 13.2 Å². The molecule has 0 aliphatic heterocycles. The third-order valence-electron chi connectivity index (χ3n) is 2.57. The highest BCUT2D eigenvalue weighted by atomic mass is 16.5. The highest BCUT2D eigenvalue weighted by Gasteiger charge is 2.03. The molecule has 0 radical (unpaired) electrons. The van der Waals surface area contributed by atoms with Crippen molar-refractivity contribution < 1.29 is 14.6 Å². The van der Waals surface area contributed by atoms with Crippen molar-refractivity contribution in [3.63, 3.8) is 0 Å². The van der Waals surface area contributed by atoms with Crippen LogP contribution in [0, 0.1) is 6.92 Å². The minimum atomic E-state index is 0.160. The van der Waals surface area contributed by atoms with Crippen molar-refractivity contribution in [1.29, 1.82) is 0 Å². The number of aliphatic hydroxyl groups is 1. The van der Waals surface area contributed by atoms with E-state index in [-0.39, 0.29) is 6.61 Å². The fourth-order valence-electron chi connectivity index (χ4n) is 1.63. The number of rotatable bonds is 9. The molecule has 4 heteroatoms. The molecule has 0 unspecified atom stereocenters. The first kappa shape index (κ1) is 15.0. The van der Waals surface area contributed by atoms with Crippen molar-refractivity contribution in [2.75, 3.05) is 33.5 Å². The topological polar surface area (TPSA) is 50.7 Å². The molecular formula is C14H23NO3. The predicted octanol–water partition coefficient (Wildman–Crippen LogP) is 1.49. The number of benzene rings is 1. The Labute approximate surface area is 109 Å². The molecule has 0 saturated carbocycles. The molecule has 0 aliphatic rings. The highest BCUT2D eigenvalue weighted by molar-refractivity contribution is 5.36. The van der Waals surface area contributed by atoms with Crippen LogP contribution < -0.4 is 10.1 Å². The Morgan fingerprint density at radius 2 is 2.11 bits per heavy atom. The van der Waals surface area contributed by atoms with Gasteiger partial charge in [0.15, 0.2) is 0 Å². The van der Waals surface area contributed by atoms with E-state index in [0.29, 0.717) is 19.6 Å². The molecule has 1 rings (SSSR count). The number of hydrogen-bond acceptors (Lipinski definition) is 4. The van der Waals surface area contributed by atoms with Crippen LogP contribution in [0.4, 0.5) is 0 Å². The lowest BCUT2D eigenvalue weighted by atomic mass is 10.1. The Hall–Kier alpha value is -1.10. The maximum atomic E-state index is 8.75. The average Bonchev–Trinajstić information content (AvgIpc) is 2.37. The monoisotopic (exact) mass is 253 g/mol. The van der Waals surface area contributed by atoms with Gasteiger partial charge in [-0.05, 0) is 13.0 Å². The van der Waals surface area contributed by atoms with Gasteiger partial charge < -0.3 is 19.9 Å². The SMILES string of the molecule is COCCNCc1cc(C)ccc1OCCCO. The first-order valence-corrected chi connectivity index (χ1v) is 6.30. The minimum absolute atomic E-state index is 0.160. The van der Waals surface area contributed by atoms with Crippen LogP contribution in [-0.2, 0) is 11.3 Å². The van der Waals surface area contributed by atoms with Gasteiger partial charge in [-0.15, -0.1) is 0 Å². The largest absolute Gasteiger partial charge is 0.493 e. The third-order valence-corrected chi connectivity index (χ3v) is 2.57. The maximum Gasteiger partial charge on any atom is 0.123 e. The molecule has 0 heterocycles. The molecule has 18 heavy (non-hydrogen) atoms. The molecule has 2 N–H and O–H groups in total. The van der Waals surface area contributed by atoms with Gasteiger partial charge in [0.25, 0.3) is 0 Å². The number of aliphatic hydroxyl groups excluding tert-OH is 1. The van der Waals surface area contributed by atoms with Crippen molar-refractivity contribution in [2.45, 2.75) is 19.9 Å². The molecule has 102 valence electrons. The van der Waals surface area contributed by atoms with Crippen LogP contribution in [-0.4, -0.2) is 38.6 Å². The first-order chi connectivity index (χ1) is 8.77. The molecule has 0 amide bonds. The molecular weight excluding hydrogens is 230 g/mol. The molecule has 4 nitrogen and oxygen atoms in total. The molecule has 0 saturated heterocycles. The van der Waals surface area contributed by atoms with Gasteiger partial charge in [0.2, 0.25) is 0 Å². The zero-order chi connectivity index (χ0) is 13.2. The Morgan fingerprint density at radius 1 is 1.28 bits per heavy atom. The second kappa shape index (κ2) is 8.91. The van der Waals surface area contributed by atoms with Gasteiger partial charge in [0.1, 0.15) is 5.75 Å². The normalized spacial score (nSPS) is 10.6. The number of methoxy groups -OCH3 is 1. The predicted molar refractivity (Wildman–Crippen MR) is 72.0 cm³/mol. The summed E-state index contributed by atoms with van der Waals surface area (Å²) in [5.41, 5.74) is 2.36. The summed E-state index contributed by atoms with van der Waals surface area (Å²) in [6.45, 7) is 5.06.